The smallest absolute Gasteiger partial charge is 0.268 e. The molecule has 7 nitrogen and oxygen atoms in total. The molecule has 0 saturated carbocycles. The third kappa shape index (κ3) is 4.50. The largest absolute Gasteiger partial charge is 0.479 e. The number of carbonyl (C=O) groups is 2. The summed E-state index contributed by atoms with van der Waals surface area (Å²) in [6.45, 7) is 1.52. The Kier molecular flexibility index (Phi) is 6.00. The second-order valence-corrected chi connectivity index (χ2v) is 8.97. The Labute approximate surface area is 205 Å². The normalized spacial score (nSPS) is 14.9. The number of ether oxygens (including phenoxy) is 1. The van der Waals surface area contributed by atoms with E-state index in [1.807, 2.05) is 35.7 Å². The molecule has 1 aliphatic heterocycles. The lowest BCUT2D eigenvalue weighted by Crippen LogP contribution is -2.47. The molecule has 0 spiro atoms. The van der Waals surface area contributed by atoms with E-state index in [-0.39, 0.29) is 18.4 Å². The zero-order valence-corrected chi connectivity index (χ0v) is 19.6. The van der Waals surface area contributed by atoms with E-state index in [1.165, 1.54) is 16.2 Å². The highest BCUT2D eigenvalue weighted by Gasteiger charge is 2.33. The maximum Gasteiger partial charge on any atom is 0.268 e. The van der Waals surface area contributed by atoms with E-state index in [0.29, 0.717) is 22.1 Å². The van der Waals surface area contributed by atoms with Crippen LogP contribution in [0.1, 0.15) is 6.92 Å². The molecule has 4 aromatic rings. The summed E-state index contributed by atoms with van der Waals surface area (Å²) >= 11 is 7.40. The molecule has 1 atom stereocenters. The molecular weight excluding hydrogens is 472 g/mol. The monoisotopic (exact) mass is 490 g/mol. The van der Waals surface area contributed by atoms with Gasteiger partial charge in [-0.3, -0.25) is 19.5 Å². The zero-order valence-electron chi connectivity index (χ0n) is 18.1. The van der Waals surface area contributed by atoms with E-state index < -0.39 is 6.10 Å². The van der Waals surface area contributed by atoms with Gasteiger partial charge in [0.1, 0.15) is 17.3 Å². The summed E-state index contributed by atoms with van der Waals surface area (Å²) in [6.07, 6.45) is 1.03. The summed E-state index contributed by atoms with van der Waals surface area (Å²) in [5.74, 6) is -0.0779. The Morgan fingerprint density at radius 1 is 1.15 bits per heavy atom. The van der Waals surface area contributed by atoms with Crippen molar-refractivity contribution in [3.63, 3.8) is 0 Å². The van der Waals surface area contributed by atoms with Crippen LogP contribution in [0.2, 0.25) is 5.02 Å². The van der Waals surface area contributed by atoms with Gasteiger partial charge in [0.05, 0.1) is 17.1 Å². The predicted octanol–water partition coefficient (Wildman–Crippen LogP) is 5.28. The predicted molar refractivity (Wildman–Crippen MR) is 133 cm³/mol. The van der Waals surface area contributed by atoms with Crippen LogP contribution in [0.5, 0.6) is 5.75 Å². The number of carbonyl (C=O) groups excluding carboxylic acids is 2. The third-order valence-electron chi connectivity index (χ3n) is 5.28. The van der Waals surface area contributed by atoms with Gasteiger partial charge < -0.3 is 10.1 Å². The van der Waals surface area contributed by atoms with E-state index in [2.05, 4.69) is 10.3 Å². The van der Waals surface area contributed by atoms with Crippen LogP contribution in [0, 0.1) is 0 Å². The topological polar surface area (TPSA) is 84.4 Å². The molecule has 0 aliphatic carbocycles. The van der Waals surface area contributed by atoms with Crippen molar-refractivity contribution in [3.8, 4) is 27.7 Å². The Bertz CT molecular complexity index is 1360. The number of nitrogens with one attached hydrogen (secondary N) is 1. The van der Waals surface area contributed by atoms with Crippen molar-refractivity contribution in [2.45, 2.75) is 13.0 Å². The molecule has 2 aromatic heterocycles. The van der Waals surface area contributed by atoms with Gasteiger partial charge in [-0.05, 0) is 61.5 Å². The first kappa shape index (κ1) is 22.1. The zero-order chi connectivity index (χ0) is 23.7. The molecule has 0 bridgehead atoms. The molecular formula is C25H19ClN4O3S. The summed E-state index contributed by atoms with van der Waals surface area (Å²) in [4.78, 5) is 36.2. The lowest BCUT2D eigenvalue weighted by atomic mass is 10.1. The average Bonchev–Trinajstić information content (AvgIpc) is 3.34. The van der Waals surface area contributed by atoms with Crippen LogP contribution in [-0.2, 0) is 9.59 Å². The number of amides is 2. The molecule has 1 N–H and O–H groups in total. The fourth-order valence-corrected chi connectivity index (χ4v) is 4.55. The first-order chi connectivity index (χ1) is 16.5. The van der Waals surface area contributed by atoms with Crippen molar-refractivity contribution in [2.24, 2.45) is 0 Å². The van der Waals surface area contributed by atoms with Crippen molar-refractivity contribution in [2.75, 3.05) is 16.8 Å². The Morgan fingerprint density at radius 3 is 2.74 bits per heavy atom. The second kappa shape index (κ2) is 9.24. The summed E-state index contributed by atoms with van der Waals surface area (Å²) in [5.41, 5.74) is 3.49. The van der Waals surface area contributed by atoms with Gasteiger partial charge in [-0.25, -0.2) is 4.98 Å². The SMILES string of the molecule is CC1Oc2ccc(-c3csc(-c4ccccn4)n3)cc2N(CC(=O)Nc2ccc(Cl)cc2)C1=O. The molecule has 0 saturated heterocycles. The lowest BCUT2D eigenvalue weighted by Gasteiger charge is -2.32. The van der Waals surface area contributed by atoms with Crippen molar-refractivity contribution < 1.29 is 14.3 Å². The summed E-state index contributed by atoms with van der Waals surface area (Å²) < 4.78 is 5.79. The number of halogens is 1. The molecule has 170 valence electrons. The maximum absolute atomic E-state index is 12.9. The number of benzene rings is 2. The summed E-state index contributed by atoms with van der Waals surface area (Å²) in [6, 6.07) is 18.0. The van der Waals surface area contributed by atoms with Gasteiger partial charge in [-0.1, -0.05) is 17.7 Å². The van der Waals surface area contributed by atoms with Gasteiger partial charge >= 0.3 is 0 Å². The van der Waals surface area contributed by atoms with Crippen LogP contribution in [0.25, 0.3) is 22.0 Å². The van der Waals surface area contributed by atoms with Gasteiger partial charge in [0.25, 0.3) is 5.91 Å². The van der Waals surface area contributed by atoms with E-state index in [1.54, 1.807) is 43.5 Å². The molecule has 0 fully saturated rings. The van der Waals surface area contributed by atoms with Gasteiger partial charge in [0.15, 0.2) is 6.10 Å². The van der Waals surface area contributed by atoms with Crippen molar-refractivity contribution >= 4 is 46.1 Å². The quantitative estimate of drug-likeness (QED) is 0.411. The number of rotatable bonds is 5. The van der Waals surface area contributed by atoms with Crippen molar-refractivity contribution in [1.82, 2.24) is 9.97 Å². The van der Waals surface area contributed by atoms with E-state index >= 15 is 0 Å². The number of aromatic nitrogens is 2. The molecule has 0 radical (unpaired) electrons. The number of fused-ring (bicyclic) bond motifs is 1. The number of nitrogens with zero attached hydrogens (tertiary/aromatic N) is 3. The molecule has 1 aliphatic rings. The Morgan fingerprint density at radius 2 is 1.97 bits per heavy atom. The Balaban J connectivity index is 1.42. The minimum atomic E-state index is -0.697. The van der Waals surface area contributed by atoms with Gasteiger partial charge in [0.2, 0.25) is 5.91 Å². The molecule has 34 heavy (non-hydrogen) atoms. The fraction of sp³-hybridized carbons (Fsp3) is 0.120. The third-order valence-corrected chi connectivity index (χ3v) is 6.40. The van der Waals surface area contributed by atoms with Crippen molar-refractivity contribution in [3.05, 3.63) is 77.3 Å². The van der Waals surface area contributed by atoms with Crippen LogP contribution in [0.3, 0.4) is 0 Å². The molecule has 1 unspecified atom stereocenters. The maximum atomic E-state index is 12.9. The van der Waals surface area contributed by atoms with Crippen molar-refractivity contribution in [1.29, 1.82) is 0 Å². The van der Waals surface area contributed by atoms with Gasteiger partial charge in [0, 0.05) is 27.9 Å². The minimum absolute atomic E-state index is 0.151. The standard InChI is InChI=1S/C25H19ClN4O3S/c1-15-25(32)30(13-23(31)28-18-8-6-17(26)7-9-18)21-12-16(5-10-22(21)33-15)20-14-34-24(29-20)19-4-2-3-11-27-19/h2-12,14-15H,13H2,1H3,(H,28,31). The number of hydrogen-bond donors (Lipinski definition) is 1. The number of pyridine rings is 1. The fourth-order valence-electron chi connectivity index (χ4n) is 3.62. The van der Waals surface area contributed by atoms with Crippen LogP contribution < -0.4 is 15.0 Å². The highest BCUT2D eigenvalue weighted by atomic mass is 35.5. The number of thiazole rings is 1. The number of anilines is 2. The van der Waals surface area contributed by atoms with Gasteiger partial charge in [-0.15, -0.1) is 11.3 Å². The van der Waals surface area contributed by atoms with Crippen LogP contribution in [0.4, 0.5) is 11.4 Å². The first-order valence-electron chi connectivity index (χ1n) is 10.5. The lowest BCUT2D eigenvalue weighted by molar-refractivity contribution is -0.127. The molecule has 5 rings (SSSR count). The molecule has 3 heterocycles. The van der Waals surface area contributed by atoms with Crippen LogP contribution in [-0.4, -0.2) is 34.4 Å². The molecule has 2 amide bonds. The van der Waals surface area contributed by atoms with Crippen LogP contribution >= 0.6 is 22.9 Å². The van der Waals surface area contributed by atoms with Gasteiger partial charge in [-0.2, -0.15) is 0 Å². The average molecular weight is 491 g/mol. The summed E-state index contributed by atoms with van der Waals surface area (Å²) in [7, 11) is 0. The second-order valence-electron chi connectivity index (χ2n) is 7.67. The van der Waals surface area contributed by atoms with Crippen LogP contribution in [0.15, 0.2) is 72.2 Å². The number of hydrogen-bond acceptors (Lipinski definition) is 6. The Hall–Kier alpha value is -3.75. The minimum Gasteiger partial charge on any atom is -0.479 e. The molecule has 9 heteroatoms. The van der Waals surface area contributed by atoms with E-state index in [4.69, 9.17) is 21.3 Å². The van der Waals surface area contributed by atoms with E-state index in [9.17, 15) is 9.59 Å². The molecule has 2 aromatic carbocycles. The summed E-state index contributed by atoms with van der Waals surface area (Å²) in [5, 5.41) is 6.12. The van der Waals surface area contributed by atoms with E-state index in [0.717, 1.165) is 22.0 Å². The first-order valence-corrected chi connectivity index (χ1v) is 11.8. The highest BCUT2D eigenvalue weighted by Crippen LogP contribution is 2.38. The highest BCUT2D eigenvalue weighted by molar-refractivity contribution is 7.13.